The number of nitrogens with zero attached hydrogens (tertiary/aromatic N) is 1. The van der Waals surface area contributed by atoms with Crippen LogP contribution in [0, 0.1) is 11.7 Å². The number of benzene rings is 1. The van der Waals surface area contributed by atoms with Crippen molar-refractivity contribution in [2.24, 2.45) is 5.92 Å². The van der Waals surface area contributed by atoms with Crippen LogP contribution in [0.25, 0.3) is 0 Å². The third kappa shape index (κ3) is 4.26. The molecule has 0 bridgehead atoms. The van der Waals surface area contributed by atoms with E-state index in [1.807, 2.05) is 0 Å². The molecule has 1 fully saturated rings. The normalized spacial score (nSPS) is 18.8. The highest BCUT2D eigenvalue weighted by Crippen LogP contribution is 2.26. The standard InChI is InChI=1S/C17H19FN2O3S2/c18-15-7-5-13(6-8-15)11-19-17(21)14-3-1-9-20(12-14)25(22,23)16-4-2-10-24-16/h2,4-8,10,14H,1,3,9,11-12H2,(H,19,21)/t14-/m0/s1. The number of rotatable bonds is 5. The van der Waals surface area contributed by atoms with Gasteiger partial charge in [0.1, 0.15) is 10.0 Å². The van der Waals surface area contributed by atoms with Crippen molar-refractivity contribution in [1.82, 2.24) is 9.62 Å². The molecular weight excluding hydrogens is 363 g/mol. The fourth-order valence-corrected chi connectivity index (χ4v) is 5.52. The fourth-order valence-electron chi connectivity index (χ4n) is 2.85. The second-order valence-corrected chi connectivity index (χ2v) is 9.09. The molecule has 1 aromatic heterocycles. The summed E-state index contributed by atoms with van der Waals surface area (Å²) in [5.41, 5.74) is 0.800. The average Bonchev–Trinajstić information content (AvgIpc) is 3.16. The van der Waals surface area contributed by atoms with Crippen LogP contribution in [0.4, 0.5) is 4.39 Å². The molecule has 25 heavy (non-hydrogen) atoms. The third-order valence-electron chi connectivity index (χ3n) is 4.22. The van der Waals surface area contributed by atoms with Crippen molar-refractivity contribution in [3.05, 3.63) is 53.2 Å². The third-order valence-corrected chi connectivity index (χ3v) is 7.46. The molecule has 1 N–H and O–H groups in total. The summed E-state index contributed by atoms with van der Waals surface area (Å²) in [4.78, 5) is 12.4. The second-order valence-electron chi connectivity index (χ2n) is 5.98. The minimum absolute atomic E-state index is 0.171. The van der Waals surface area contributed by atoms with Crippen molar-refractivity contribution in [3.63, 3.8) is 0 Å². The van der Waals surface area contributed by atoms with Gasteiger partial charge in [-0.15, -0.1) is 11.3 Å². The van der Waals surface area contributed by atoms with Gasteiger partial charge in [-0.2, -0.15) is 4.31 Å². The first-order chi connectivity index (χ1) is 12.0. The quantitative estimate of drug-likeness (QED) is 0.864. The van der Waals surface area contributed by atoms with E-state index in [2.05, 4.69) is 5.32 Å². The van der Waals surface area contributed by atoms with Crippen molar-refractivity contribution in [1.29, 1.82) is 0 Å². The molecular formula is C17H19FN2O3S2. The summed E-state index contributed by atoms with van der Waals surface area (Å²) < 4.78 is 39.8. The van der Waals surface area contributed by atoms with Crippen LogP contribution in [-0.4, -0.2) is 31.7 Å². The number of hydrogen-bond donors (Lipinski definition) is 1. The average molecular weight is 382 g/mol. The number of amides is 1. The Morgan fingerprint density at radius 1 is 1.28 bits per heavy atom. The first-order valence-electron chi connectivity index (χ1n) is 8.02. The lowest BCUT2D eigenvalue weighted by atomic mass is 9.99. The summed E-state index contributed by atoms with van der Waals surface area (Å²) in [5, 5.41) is 4.54. The van der Waals surface area contributed by atoms with E-state index in [9.17, 15) is 17.6 Å². The number of sulfonamides is 1. The fraction of sp³-hybridized carbons (Fsp3) is 0.353. The first kappa shape index (κ1) is 18.0. The summed E-state index contributed by atoms with van der Waals surface area (Å²) in [7, 11) is -3.53. The molecule has 0 aliphatic carbocycles. The van der Waals surface area contributed by atoms with Crippen LogP contribution in [0.5, 0.6) is 0 Å². The van der Waals surface area contributed by atoms with Crippen LogP contribution >= 0.6 is 11.3 Å². The van der Waals surface area contributed by atoms with Crippen molar-refractivity contribution < 1.29 is 17.6 Å². The predicted octanol–water partition coefficient (Wildman–Crippen LogP) is 2.60. The number of thiophene rings is 1. The van der Waals surface area contributed by atoms with E-state index in [1.165, 1.54) is 27.8 Å². The largest absolute Gasteiger partial charge is 0.352 e. The summed E-state index contributed by atoms with van der Waals surface area (Å²) in [5.74, 6) is -0.865. The molecule has 134 valence electrons. The monoisotopic (exact) mass is 382 g/mol. The van der Waals surface area contributed by atoms with Crippen LogP contribution in [0.1, 0.15) is 18.4 Å². The van der Waals surface area contributed by atoms with Gasteiger partial charge in [-0.05, 0) is 42.0 Å². The molecule has 0 spiro atoms. The molecule has 2 heterocycles. The van der Waals surface area contributed by atoms with E-state index >= 15 is 0 Å². The number of carbonyl (C=O) groups is 1. The topological polar surface area (TPSA) is 66.5 Å². The summed E-state index contributed by atoms with van der Waals surface area (Å²) in [6.45, 7) is 0.921. The van der Waals surface area contributed by atoms with Gasteiger partial charge < -0.3 is 5.32 Å². The second kappa shape index (κ2) is 7.63. The van der Waals surface area contributed by atoms with Crippen molar-refractivity contribution >= 4 is 27.3 Å². The molecule has 1 aliphatic heterocycles. The first-order valence-corrected chi connectivity index (χ1v) is 10.3. The van der Waals surface area contributed by atoms with Crippen LogP contribution in [0.15, 0.2) is 46.0 Å². The Bertz CT molecular complexity index is 820. The zero-order chi connectivity index (χ0) is 17.9. The van der Waals surface area contributed by atoms with Gasteiger partial charge in [-0.3, -0.25) is 4.79 Å². The summed E-state index contributed by atoms with van der Waals surface area (Å²) in [6.07, 6.45) is 1.31. The highest BCUT2D eigenvalue weighted by molar-refractivity contribution is 7.91. The Labute approximate surface area is 150 Å². The zero-order valence-electron chi connectivity index (χ0n) is 13.5. The maximum atomic E-state index is 12.9. The molecule has 2 aromatic rings. The lowest BCUT2D eigenvalue weighted by Crippen LogP contribution is -2.45. The number of halogens is 1. The molecule has 5 nitrogen and oxygen atoms in total. The number of piperidine rings is 1. The van der Waals surface area contributed by atoms with Crippen molar-refractivity contribution in [2.75, 3.05) is 13.1 Å². The Hall–Kier alpha value is -1.77. The smallest absolute Gasteiger partial charge is 0.252 e. The molecule has 0 unspecified atom stereocenters. The van der Waals surface area contributed by atoms with Gasteiger partial charge >= 0.3 is 0 Å². The zero-order valence-corrected chi connectivity index (χ0v) is 15.2. The Morgan fingerprint density at radius 3 is 2.72 bits per heavy atom. The summed E-state index contributed by atoms with van der Waals surface area (Å²) in [6, 6.07) is 9.20. The minimum atomic E-state index is -3.53. The van der Waals surface area contributed by atoms with E-state index in [0.29, 0.717) is 30.1 Å². The van der Waals surface area contributed by atoms with Gasteiger partial charge in [0.05, 0.1) is 5.92 Å². The molecule has 0 saturated carbocycles. The maximum absolute atomic E-state index is 12.9. The Morgan fingerprint density at radius 2 is 2.04 bits per heavy atom. The highest BCUT2D eigenvalue weighted by Gasteiger charge is 2.33. The van der Waals surface area contributed by atoms with E-state index in [4.69, 9.17) is 0 Å². The summed E-state index contributed by atoms with van der Waals surface area (Å²) >= 11 is 1.18. The van der Waals surface area contributed by atoms with Gasteiger partial charge in [-0.25, -0.2) is 12.8 Å². The molecule has 8 heteroatoms. The van der Waals surface area contributed by atoms with E-state index in [-0.39, 0.29) is 24.2 Å². The molecule has 1 atom stereocenters. The Balaban J connectivity index is 1.61. The maximum Gasteiger partial charge on any atom is 0.252 e. The number of nitrogens with one attached hydrogen (secondary N) is 1. The van der Waals surface area contributed by atoms with Crippen molar-refractivity contribution in [3.8, 4) is 0 Å². The van der Waals surface area contributed by atoms with Crippen molar-refractivity contribution in [2.45, 2.75) is 23.6 Å². The van der Waals surface area contributed by atoms with Gasteiger partial charge in [0.25, 0.3) is 10.0 Å². The van der Waals surface area contributed by atoms with Gasteiger partial charge in [-0.1, -0.05) is 18.2 Å². The van der Waals surface area contributed by atoms with E-state index in [0.717, 1.165) is 5.56 Å². The molecule has 1 amide bonds. The van der Waals surface area contributed by atoms with E-state index < -0.39 is 10.0 Å². The van der Waals surface area contributed by atoms with Crippen LogP contribution < -0.4 is 5.32 Å². The Kier molecular flexibility index (Phi) is 5.51. The lowest BCUT2D eigenvalue weighted by Gasteiger charge is -2.30. The molecule has 0 radical (unpaired) electrons. The highest BCUT2D eigenvalue weighted by atomic mass is 32.2. The molecule has 1 saturated heterocycles. The van der Waals surface area contributed by atoms with Gasteiger partial charge in [0.2, 0.25) is 5.91 Å². The van der Waals surface area contributed by atoms with Gasteiger partial charge in [0.15, 0.2) is 0 Å². The molecule has 1 aliphatic rings. The minimum Gasteiger partial charge on any atom is -0.352 e. The van der Waals surface area contributed by atoms with Gasteiger partial charge in [0, 0.05) is 19.6 Å². The predicted molar refractivity (Wildman–Crippen MR) is 94.0 cm³/mol. The number of hydrogen-bond acceptors (Lipinski definition) is 4. The SMILES string of the molecule is O=C(NCc1ccc(F)cc1)[C@H]1CCCN(S(=O)(=O)c2cccs2)C1. The number of carbonyl (C=O) groups excluding carboxylic acids is 1. The lowest BCUT2D eigenvalue weighted by molar-refractivity contribution is -0.126. The molecule has 3 rings (SSSR count). The van der Waals surface area contributed by atoms with Crippen LogP contribution in [0.2, 0.25) is 0 Å². The van der Waals surface area contributed by atoms with Crippen LogP contribution in [-0.2, 0) is 21.4 Å². The van der Waals surface area contributed by atoms with Crippen LogP contribution in [0.3, 0.4) is 0 Å². The van der Waals surface area contributed by atoms with E-state index in [1.54, 1.807) is 29.6 Å². The molecule has 1 aromatic carbocycles.